The predicted octanol–water partition coefficient (Wildman–Crippen LogP) is 12.4. The standard InChI is InChI=1S/C32H68N.C8H8O3S/c1-5-9-13-17-21-25-29-33(30-26-22-18-14-10-6-2,31-27-23-19-15-11-7-3)32-28-24-20-16-12-8-4;9-12(10,11)7-6-8-4-2-1-3-5-8/h5-32H2,1-4H3;1-7H,(H,9,10,11)/q+1;/p-1. The average molecular weight is 650 g/mol. The normalized spacial score (nSPS) is 12.0. The van der Waals surface area contributed by atoms with Crippen LogP contribution in [0.15, 0.2) is 35.7 Å². The third-order valence-electron chi connectivity index (χ3n) is 9.17. The Bertz CT molecular complexity index is 799. The smallest absolute Gasteiger partial charge is 0.117 e. The van der Waals surface area contributed by atoms with Crippen LogP contribution in [0.2, 0.25) is 0 Å². The molecule has 0 heterocycles. The summed E-state index contributed by atoms with van der Waals surface area (Å²) in [4.78, 5) is 0. The van der Waals surface area contributed by atoms with Gasteiger partial charge in [0, 0.05) is 5.41 Å². The first-order valence-electron chi connectivity index (χ1n) is 19.4. The Labute approximate surface area is 282 Å². The molecule has 0 fully saturated rings. The maximum absolute atomic E-state index is 10.2. The van der Waals surface area contributed by atoms with Gasteiger partial charge in [0.15, 0.2) is 0 Å². The van der Waals surface area contributed by atoms with Gasteiger partial charge in [-0.1, -0.05) is 161 Å². The highest BCUT2D eigenvalue weighted by atomic mass is 32.2. The third kappa shape index (κ3) is 29.9. The maximum atomic E-state index is 10.2. The van der Waals surface area contributed by atoms with Crippen LogP contribution < -0.4 is 0 Å². The van der Waals surface area contributed by atoms with Crippen molar-refractivity contribution >= 4 is 16.2 Å². The van der Waals surface area contributed by atoms with E-state index in [1.54, 1.807) is 24.3 Å². The number of benzene rings is 1. The van der Waals surface area contributed by atoms with E-state index in [0.29, 0.717) is 11.0 Å². The van der Waals surface area contributed by atoms with Crippen LogP contribution in [0.1, 0.15) is 187 Å². The van der Waals surface area contributed by atoms with Crippen molar-refractivity contribution in [3.63, 3.8) is 0 Å². The highest BCUT2D eigenvalue weighted by Gasteiger charge is 2.25. The number of quaternary nitrogens is 1. The predicted molar refractivity (Wildman–Crippen MR) is 198 cm³/mol. The molecule has 0 N–H and O–H groups in total. The van der Waals surface area contributed by atoms with Gasteiger partial charge in [0.1, 0.15) is 10.1 Å². The summed E-state index contributed by atoms with van der Waals surface area (Å²) < 4.78 is 32.0. The van der Waals surface area contributed by atoms with E-state index >= 15 is 0 Å². The van der Waals surface area contributed by atoms with Crippen molar-refractivity contribution in [2.75, 3.05) is 26.2 Å². The Morgan fingerprint density at radius 1 is 0.489 bits per heavy atom. The van der Waals surface area contributed by atoms with Crippen molar-refractivity contribution in [2.45, 2.75) is 182 Å². The van der Waals surface area contributed by atoms with Crippen LogP contribution in [0.25, 0.3) is 6.08 Å². The summed E-state index contributed by atoms with van der Waals surface area (Å²) in [6.45, 7) is 15.3. The first-order valence-corrected chi connectivity index (χ1v) is 20.8. The van der Waals surface area contributed by atoms with Crippen LogP contribution in [0.5, 0.6) is 0 Å². The molecular formula is C40H75NO3S. The molecule has 0 saturated carbocycles. The fraction of sp³-hybridized carbons (Fsp3) is 0.800. The van der Waals surface area contributed by atoms with Crippen LogP contribution in [-0.2, 0) is 10.1 Å². The molecule has 1 aromatic rings. The quantitative estimate of drug-likeness (QED) is 0.0473. The van der Waals surface area contributed by atoms with Crippen molar-refractivity contribution in [2.24, 2.45) is 0 Å². The number of nitrogens with zero attached hydrogens (tertiary/aromatic N) is 1. The third-order valence-corrected chi connectivity index (χ3v) is 9.64. The van der Waals surface area contributed by atoms with Gasteiger partial charge in [-0.05, 0) is 63.0 Å². The fourth-order valence-electron chi connectivity index (χ4n) is 6.31. The van der Waals surface area contributed by atoms with Gasteiger partial charge in [-0.2, -0.15) is 0 Å². The number of rotatable bonds is 30. The van der Waals surface area contributed by atoms with Crippen LogP contribution in [-0.4, -0.2) is 43.6 Å². The molecule has 0 radical (unpaired) electrons. The van der Waals surface area contributed by atoms with E-state index in [2.05, 4.69) is 27.7 Å². The van der Waals surface area contributed by atoms with Gasteiger partial charge in [-0.15, -0.1) is 0 Å². The molecule has 0 spiro atoms. The molecule has 0 unspecified atom stereocenters. The van der Waals surface area contributed by atoms with Crippen LogP contribution in [0.3, 0.4) is 0 Å². The molecule has 4 nitrogen and oxygen atoms in total. The van der Waals surface area contributed by atoms with Crippen molar-refractivity contribution in [3.8, 4) is 0 Å². The van der Waals surface area contributed by atoms with Gasteiger partial charge >= 0.3 is 0 Å². The maximum Gasteiger partial charge on any atom is 0.117 e. The fourth-order valence-corrected chi connectivity index (χ4v) is 6.63. The lowest BCUT2D eigenvalue weighted by Gasteiger charge is -2.40. The van der Waals surface area contributed by atoms with Gasteiger partial charge in [0.05, 0.1) is 26.2 Å². The Hall–Kier alpha value is -1.17. The number of hydrogen-bond donors (Lipinski definition) is 0. The zero-order valence-electron chi connectivity index (χ0n) is 30.4. The summed E-state index contributed by atoms with van der Waals surface area (Å²) in [5, 5.41) is 0.641. The van der Waals surface area contributed by atoms with E-state index in [1.807, 2.05) is 6.07 Å². The second-order valence-electron chi connectivity index (χ2n) is 13.5. The summed E-state index contributed by atoms with van der Waals surface area (Å²) in [6, 6.07) is 8.75. The topological polar surface area (TPSA) is 57.2 Å². The molecule has 0 aliphatic carbocycles. The Balaban J connectivity index is 0.00000133. The second kappa shape index (κ2) is 31.4. The molecule has 0 bridgehead atoms. The Morgan fingerprint density at radius 2 is 0.778 bits per heavy atom. The molecule has 5 heteroatoms. The zero-order chi connectivity index (χ0) is 33.3. The highest BCUT2D eigenvalue weighted by molar-refractivity contribution is 7.88. The first-order chi connectivity index (χ1) is 21.8. The molecule has 0 aromatic heterocycles. The van der Waals surface area contributed by atoms with Gasteiger partial charge in [0.25, 0.3) is 0 Å². The SMILES string of the molecule is CCCCCCCC[N+](CCCCCCCC)(CCCCCCCC)CCCCCCCC.O=S(=O)([O-])C=Cc1ccccc1. The van der Waals surface area contributed by atoms with Crippen LogP contribution in [0, 0.1) is 0 Å². The van der Waals surface area contributed by atoms with Gasteiger partial charge < -0.3 is 9.04 Å². The van der Waals surface area contributed by atoms with Crippen molar-refractivity contribution in [1.29, 1.82) is 0 Å². The number of unbranched alkanes of at least 4 members (excludes halogenated alkanes) is 20. The highest BCUT2D eigenvalue weighted by Crippen LogP contribution is 2.21. The van der Waals surface area contributed by atoms with Crippen molar-refractivity contribution in [1.82, 2.24) is 0 Å². The van der Waals surface area contributed by atoms with Crippen LogP contribution in [0.4, 0.5) is 0 Å². The lowest BCUT2D eigenvalue weighted by Crippen LogP contribution is -2.50. The van der Waals surface area contributed by atoms with Crippen molar-refractivity contribution < 1.29 is 17.5 Å². The van der Waals surface area contributed by atoms with Gasteiger partial charge in [0.2, 0.25) is 0 Å². The molecule has 45 heavy (non-hydrogen) atoms. The first kappa shape index (κ1) is 43.8. The molecular weight excluding hydrogens is 575 g/mol. The Kier molecular flexibility index (Phi) is 30.6. The molecule has 0 atom stereocenters. The van der Waals surface area contributed by atoms with E-state index in [-0.39, 0.29) is 0 Å². The van der Waals surface area contributed by atoms with E-state index in [9.17, 15) is 13.0 Å². The van der Waals surface area contributed by atoms with Crippen molar-refractivity contribution in [3.05, 3.63) is 41.3 Å². The molecule has 264 valence electrons. The van der Waals surface area contributed by atoms with E-state index in [1.165, 1.54) is 191 Å². The summed E-state index contributed by atoms with van der Waals surface area (Å²) in [5.41, 5.74) is 0.692. The minimum absolute atomic E-state index is 0.641. The monoisotopic (exact) mass is 650 g/mol. The van der Waals surface area contributed by atoms with Gasteiger partial charge in [-0.3, -0.25) is 0 Å². The molecule has 0 saturated heterocycles. The van der Waals surface area contributed by atoms with E-state index in [0.717, 1.165) is 0 Å². The molecule has 0 aliphatic rings. The summed E-state index contributed by atoms with van der Waals surface area (Å²) in [6.07, 6.45) is 36.0. The van der Waals surface area contributed by atoms with Gasteiger partial charge in [-0.25, -0.2) is 8.42 Å². The minimum atomic E-state index is -4.25. The summed E-state index contributed by atoms with van der Waals surface area (Å²) in [5.74, 6) is 0. The molecule has 1 aromatic carbocycles. The number of hydrogen-bond acceptors (Lipinski definition) is 3. The lowest BCUT2D eigenvalue weighted by molar-refractivity contribution is -0.929. The van der Waals surface area contributed by atoms with Crippen LogP contribution >= 0.6 is 0 Å². The summed E-state index contributed by atoms with van der Waals surface area (Å²) >= 11 is 0. The lowest BCUT2D eigenvalue weighted by atomic mass is 10.0. The second-order valence-corrected chi connectivity index (χ2v) is 14.8. The molecule has 0 amide bonds. The Morgan fingerprint density at radius 3 is 1.07 bits per heavy atom. The largest absolute Gasteiger partial charge is 0.744 e. The average Bonchev–Trinajstić information content (AvgIpc) is 3.03. The van der Waals surface area contributed by atoms with E-state index < -0.39 is 10.1 Å². The zero-order valence-corrected chi connectivity index (χ0v) is 31.2. The summed E-state index contributed by atoms with van der Waals surface area (Å²) in [7, 11) is -4.25. The molecule has 0 aliphatic heterocycles. The molecule has 1 rings (SSSR count). The minimum Gasteiger partial charge on any atom is -0.744 e. The van der Waals surface area contributed by atoms with E-state index in [4.69, 9.17) is 0 Å².